The summed E-state index contributed by atoms with van der Waals surface area (Å²) >= 11 is -0.921. The molecule has 0 aromatic heterocycles. The number of carbonyl (C=O) groups excluding carboxylic acids is 1. The van der Waals surface area contributed by atoms with E-state index in [-0.39, 0.29) is 6.61 Å². The Hall–Kier alpha value is -1.68. The molecule has 2 rings (SSSR count). The molecule has 2 aromatic carbocycles. The second-order valence-electron chi connectivity index (χ2n) is 4.59. The first-order chi connectivity index (χ1) is 10.6. The van der Waals surface area contributed by atoms with Gasteiger partial charge in [0.25, 0.3) is 0 Å². The van der Waals surface area contributed by atoms with Crippen LogP contribution in [0, 0.1) is 0 Å². The zero-order chi connectivity index (χ0) is 16.0. The maximum atomic E-state index is 15.4. The Morgan fingerprint density at radius 1 is 1.18 bits per heavy atom. The number of benzene rings is 2. The molecule has 0 aliphatic carbocycles. The number of aliphatic hydroxyl groups is 1. The molecule has 3 nitrogen and oxygen atoms in total. The quantitative estimate of drug-likeness (QED) is 0.628. The van der Waals surface area contributed by atoms with Gasteiger partial charge in [-0.1, -0.05) is 0 Å². The van der Waals surface area contributed by atoms with Crippen molar-refractivity contribution in [3.63, 3.8) is 0 Å². The molecule has 0 aliphatic heterocycles. The molecule has 2 atom stereocenters. The fourth-order valence-corrected chi connectivity index (χ4v) is 4.10. The van der Waals surface area contributed by atoms with E-state index >= 15 is 4.39 Å². The molecule has 0 aliphatic rings. The van der Waals surface area contributed by atoms with E-state index in [9.17, 15) is 9.90 Å². The van der Waals surface area contributed by atoms with Crippen LogP contribution in [0.3, 0.4) is 0 Å². The molecule has 0 amide bonds. The van der Waals surface area contributed by atoms with E-state index < -0.39 is 31.6 Å². The van der Waals surface area contributed by atoms with Crippen molar-refractivity contribution in [3.05, 3.63) is 66.2 Å². The molecule has 116 valence electrons. The number of hydrogen-bond donors (Lipinski definition) is 1. The second-order valence-corrected chi connectivity index (χ2v) is 7.26. The monoisotopic (exact) mass is 368 g/mol. The van der Waals surface area contributed by atoms with Crippen LogP contribution in [0.4, 0.5) is 4.39 Å². The van der Waals surface area contributed by atoms with Gasteiger partial charge in [-0.2, -0.15) is 0 Å². The molecule has 0 saturated heterocycles. The summed E-state index contributed by atoms with van der Waals surface area (Å²) in [6.45, 7) is 1.68. The molecule has 2 aromatic rings. The summed E-state index contributed by atoms with van der Waals surface area (Å²) in [4.78, 5) is 12.1. The number of carbonyl (C=O) groups is 1. The molecule has 0 radical (unpaired) electrons. The number of esters is 1. The minimum atomic E-state index is -2.47. The summed E-state index contributed by atoms with van der Waals surface area (Å²) in [6.07, 6.45) is -1.56. The van der Waals surface area contributed by atoms with Gasteiger partial charge in [0.2, 0.25) is 0 Å². The maximum absolute atomic E-state index is 15.4. The summed E-state index contributed by atoms with van der Waals surface area (Å²) in [7, 11) is 0. The normalized spacial score (nSPS) is 14.9. The fourth-order valence-electron chi connectivity index (χ4n) is 1.95. The number of ether oxygens (including phenoxy) is 1. The summed E-state index contributed by atoms with van der Waals surface area (Å²) < 4.78 is 18.5. The molecular weight excluding hydrogens is 350 g/mol. The third-order valence-electron chi connectivity index (χ3n) is 3.03. The molecule has 5 heteroatoms. The number of rotatable bonds is 6. The van der Waals surface area contributed by atoms with Crippen molar-refractivity contribution in [2.75, 3.05) is 6.61 Å². The third kappa shape index (κ3) is 3.74. The minimum absolute atomic E-state index is 0.0664. The van der Waals surface area contributed by atoms with Gasteiger partial charge in [-0.05, 0) is 0 Å². The average Bonchev–Trinajstić information content (AvgIpc) is 2.56. The first-order valence-electron chi connectivity index (χ1n) is 6.91. The summed E-state index contributed by atoms with van der Waals surface area (Å²) in [5.74, 6) is -1.02. The number of alkyl halides is 1. The third-order valence-corrected chi connectivity index (χ3v) is 5.54. The van der Waals surface area contributed by atoms with E-state index in [4.69, 9.17) is 4.74 Å². The standard InChI is InChI=1S/C17H17FO3Se/c1-2-21-16(20)17(18,22-14-11-7-4-8-12-14)15(19)13-9-5-3-6-10-13/h3-12,15,19H,2H2,1H3/t15-,17+/m1/s1. The van der Waals surface area contributed by atoms with Crippen LogP contribution in [0.25, 0.3) is 0 Å². The second kappa shape index (κ2) is 7.54. The molecule has 1 N–H and O–H groups in total. The van der Waals surface area contributed by atoms with Crippen LogP contribution < -0.4 is 4.46 Å². The summed E-state index contributed by atoms with van der Waals surface area (Å²) in [5.41, 5.74) is 0.357. The molecular formula is C17H17FO3Se. The molecule has 0 spiro atoms. The average molecular weight is 367 g/mol. The van der Waals surface area contributed by atoms with Gasteiger partial charge < -0.3 is 0 Å². The first-order valence-corrected chi connectivity index (χ1v) is 8.62. The van der Waals surface area contributed by atoms with Crippen molar-refractivity contribution in [1.82, 2.24) is 0 Å². The van der Waals surface area contributed by atoms with Crippen molar-refractivity contribution in [2.45, 2.75) is 17.6 Å². The van der Waals surface area contributed by atoms with Crippen LogP contribution in [0.5, 0.6) is 0 Å². The van der Waals surface area contributed by atoms with E-state index in [1.54, 1.807) is 61.5 Å². The molecule has 0 bridgehead atoms. The fraction of sp³-hybridized carbons (Fsp3) is 0.235. The Kier molecular flexibility index (Phi) is 5.72. The Morgan fingerprint density at radius 2 is 1.73 bits per heavy atom. The Bertz CT molecular complexity index is 606. The van der Waals surface area contributed by atoms with E-state index in [2.05, 4.69) is 0 Å². The van der Waals surface area contributed by atoms with Crippen molar-refractivity contribution in [3.8, 4) is 0 Å². The van der Waals surface area contributed by atoms with E-state index in [1.807, 2.05) is 6.07 Å². The molecule has 0 unspecified atom stereocenters. The van der Waals surface area contributed by atoms with Crippen LogP contribution in [0.2, 0.25) is 0 Å². The van der Waals surface area contributed by atoms with Crippen LogP contribution in [0.15, 0.2) is 60.7 Å². The van der Waals surface area contributed by atoms with E-state index in [1.165, 1.54) is 0 Å². The molecule has 0 fully saturated rings. The zero-order valence-corrected chi connectivity index (χ0v) is 13.8. The predicted octanol–water partition coefficient (Wildman–Crippen LogP) is 1.98. The van der Waals surface area contributed by atoms with Crippen molar-refractivity contribution >= 4 is 25.4 Å². The van der Waals surface area contributed by atoms with Gasteiger partial charge in [0, 0.05) is 0 Å². The van der Waals surface area contributed by atoms with Gasteiger partial charge in [0.1, 0.15) is 0 Å². The van der Waals surface area contributed by atoms with Crippen LogP contribution in [-0.2, 0) is 9.53 Å². The van der Waals surface area contributed by atoms with Gasteiger partial charge in [-0.25, -0.2) is 0 Å². The van der Waals surface area contributed by atoms with E-state index in [0.29, 0.717) is 10.0 Å². The molecule has 0 heterocycles. The predicted molar refractivity (Wildman–Crippen MR) is 83.7 cm³/mol. The van der Waals surface area contributed by atoms with E-state index in [0.717, 1.165) is 0 Å². The van der Waals surface area contributed by atoms with Gasteiger partial charge in [-0.3, -0.25) is 0 Å². The van der Waals surface area contributed by atoms with Crippen LogP contribution >= 0.6 is 0 Å². The number of aliphatic hydroxyl groups excluding tert-OH is 1. The van der Waals surface area contributed by atoms with Crippen LogP contribution in [0.1, 0.15) is 18.6 Å². The van der Waals surface area contributed by atoms with Gasteiger partial charge in [-0.15, -0.1) is 0 Å². The van der Waals surface area contributed by atoms with Crippen LogP contribution in [-0.4, -0.2) is 37.2 Å². The summed E-state index contributed by atoms with van der Waals surface area (Å²) in [6, 6.07) is 17.2. The Labute approximate surface area is 135 Å². The zero-order valence-electron chi connectivity index (χ0n) is 12.1. The summed E-state index contributed by atoms with van der Waals surface area (Å²) in [5, 5.41) is 10.4. The van der Waals surface area contributed by atoms with Crippen molar-refractivity contribution in [2.24, 2.45) is 0 Å². The number of halogens is 1. The van der Waals surface area contributed by atoms with Gasteiger partial charge >= 0.3 is 135 Å². The first kappa shape index (κ1) is 16.7. The van der Waals surface area contributed by atoms with Crippen molar-refractivity contribution in [1.29, 1.82) is 0 Å². The molecule has 0 saturated carbocycles. The van der Waals surface area contributed by atoms with Gasteiger partial charge in [0.15, 0.2) is 0 Å². The van der Waals surface area contributed by atoms with Crippen molar-refractivity contribution < 1.29 is 19.0 Å². The topological polar surface area (TPSA) is 46.5 Å². The Balaban J connectivity index is 2.35. The SMILES string of the molecule is CCOC(=O)[C@@](F)([Se]c1ccccc1)[C@H](O)c1ccccc1. The van der Waals surface area contributed by atoms with Gasteiger partial charge in [0.05, 0.1) is 0 Å². The Morgan fingerprint density at radius 3 is 2.27 bits per heavy atom. The molecule has 22 heavy (non-hydrogen) atoms. The number of hydrogen-bond acceptors (Lipinski definition) is 3.